The first-order chi connectivity index (χ1) is 9.38. The van der Waals surface area contributed by atoms with Gasteiger partial charge in [0.15, 0.2) is 0 Å². The largest absolute Gasteiger partial charge is 0.320 e. The Hall–Kier alpha value is 0.610. The summed E-state index contributed by atoms with van der Waals surface area (Å²) in [6.45, 7) is 0. The molecule has 2 aromatic rings. The van der Waals surface area contributed by atoms with Gasteiger partial charge in [0.05, 0.1) is 11.3 Å². The number of hydrogen-bond donors (Lipinski definition) is 1. The molecule has 0 saturated heterocycles. The van der Waals surface area contributed by atoms with E-state index in [1.54, 1.807) is 6.07 Å². The van der Waals surface area contributed by atoms with Crippen LogP contribution in [0.3, 0.4) is 0 Å². The van der Waals surface area contributed by atoms with Crippen molar-refractivity contribution in [1.29, 1.82) is 0 Å². The molecule has 1 heterocycles. The van der Waals surface area contributed by atoms with Crippen LogP contribution < -0.4 is 5.32 Å². The van der Waals surface area contributed by atoms with Gasteiger partial charge >= 0.3 is 0 Å². The van der Waals surface area contributed by atoms with Crippen molar-refractivity contribution in [3.05, 3.63) is 50.8 Å². The van der Waals surface area contributed by atoms with Gasteiger partial charge in [0.2, 0.25) is 0 Å². The third-order valence-electron chi connectivity index (χ3n) is 2.30. The van der Waals surface area contributed by atoms with E-state index in [1.807, 2.05) is 12.1 Å². The van der Waals surface area contributed by atoms with Gasteiger partial charge in [-0.05, 0) is 92.0 Å². The van der Waals surface area contributed by atoms with Gasteiger partial charge in [0.1, 0.15) is 10.3 Å². The zero-order valence-electron chi connectivity index (χ0n) is 9.55. The predicted octanol–water partition coefficient (Wildman–Crippen LogP) is 5.45. The van der Waals surface area contributed by atoms with E-state index >= 15 is 0 Å². The maximum atomic E-state index is 12.2. The van der Waals surface area contributed by atoms with Crippen molar-refractivity contribution in [3.63, 3.8) is 0 Å². The minimum Gasteiger partial charge on any atom is -0.320 e. The van der Waals surface area contributed by atoms with Gasteiger partial charge in [-0.15, -0.1) is 0 Å². The minimum absolute atomic E-state index is 0.0885. The van der Waals surface area contributed by atoms with E-state index in [4.69, 9.17) is 23.2 Å². The Bertz CT molecular complexity index is 671. The Balaban J connectivity index is 2.33. The van der Waals surface area contributed by atoms with Crippen molar-refractivity contribution in [3.8, 4) is 0 Å². The van der Waals surface area contributed by atoms with Crippen molar-refractivity contribution in [2.24, 2.45) is 0 Å². The molecule has 0 saturated carbocycles. The predicted molar refractivity (Wildman–Crippen MR) is 107 cm³/mol. The highest BCUT2D eigenvalue weighted by molar-refractivity contribution is 14.1. The van der Waals surface area contributed by atoms with Gasteiger partial charge in [0.25, 0.3) is 5.91 Å². The molecule has 0 atom stereocenters. The molecule has 0 aliphatic heterocycles. The Morgan fingerprint density at radius 2 is 1.70 bits per heavy atom. The second-order valence-corrected chi connectivity index (χ2v) is 7.99. The molecular formula is C12H5Cl2I3N2O. The Kier molecular flexibility index (Phi) is 6.15. The summed E-state index contributed by atoms with van der Waals surface area (Å²) in [5.41, 5.74) is 1.06. The zero-order chi connectivity index (χ0) is 14.9. The van der Waals surface area contributed by atoms with Crippen LogP contribution in [0.2, 0.25) is 10.3 Å². The smallest absolute Gasteiger partial charge is 0.258 e. The first kappa shape index (κ1) is 17.0. The molecule has 1 aromatic carbocycles. The fourth-order valence-corrected chi connectivity index (χ4v) is 5.71. The SMILES string of the molecule is O=C(Nc1c(I)cc(I)cc1I)c1ccc(Cl)nc1Cl. The standard InChI is InChI=1S/C12H5Cl2I3N2O/c13-9-2-1-6(11(14)18-9)12(20)19-10-7(16)3-5(15)4-8(10)17/h1-4H,(H,19,20). The number of halogens is 5. The number of anilines is 1. The molecule has 0 fully saturated rings. The number of amides is 1. The lowest BCUT2D eigenvalue weighted by atomic mass is 10.2. The average molecular weight is 645 g/mol. The van der Waals surface area contributed by atoms with E-state index in [2.05, 4.69) is 78.1 Å². The molecule has 0 radical (unpaired) electrons. The molecule has 20 heavy (non-hydrogen) atoms. The third kappa shape index (κ3) is 4.08. The number of carbonyl (C=O) groups is 1. The number of hydrogen-bond acceptors (Lipinski definition) is 2. The fraction of sp³-hybridized carbons (Fsp3) is 0. The van der Waals surface area contributed by atoms with Crippen LogP contribution in [0.15, 0.2) is 24.3 Å². The van der Waals surface area contributed by atoms with Gasteiger partial charge in [-0.2, -0.15) is 0 Å². The molecule has 0 aliphatic rings. The summed E-state index contributed by atoms with van der Waals surface area (Å²) in [5, 5.41) is 3.20. The number of benzene rings is 1. The van der Waals surface area contributed by atoms with Crippen LogP contribution in [0.1, 0.15) is 10.4 Å². The quantitative estimate of drug-likeness (QED) is 0.349. The molecule has 1 amide bonds. The normalized spacial score (nSPS) is 10.4. The van der Waals surface area contributed by atoms with Crippen LogP contribution in [-0.4, -0.2) is 10.9 Å². The molecular weight excluding hydrogens is 640 g/mol. The second-order valence-electron chi connectivity index (χ2n) is 3.67. The summed E-state index contributed by atoms with van der Waals surface area (Å²) >= 11 is 18.3. The maximum Gasteiger partial charge on any atom is 0.258 e. The van der Waals surface area contributed by atoms with Crippen LogP contribution in [0.4, 0.5) is 5.69 Å². The Morgan fingerprint density at radius 3 is 2.25 bits per heavy atom. The minimum atomic E-state index is -0.309. The van der Waals surface area contributed by atoms with Gasteiger partial charge < -0.3 is 5.32 Å². The topological polar surface area (TPSA) is 42.0 Å². The van der Waals surface area contributed by atoms with E-state index in [0.717, 1.165) is 16.4 Å². The molecule has 0 bridgehead atoms. The van der Waals surface area contributed by atoms with Gasteiger partial charge in [-0.3, -0.25) is 4.79 Å². The van der Waals surface area contributed by atoms with Crippen LogP contribution in [0.5, 0.6) is 0 Å². The molecule has 1 aromatic heterocycles. The molecule has 1 N–H and O–H groups in total. The van der Waals surface area contributed by atoms with E-state index in [0.29, 0.717) is 5.56 Å². The summed E-state index contributed by atoms with van der Waals surface area (Å²) in [5.74, 6) is -0.309. The molecule has 3 nitrogen and oxygen atoms in total. The first-order valence-electron chi connectivity index (χ1n) is 5.16. The van der Waals surface area contributed by atoms with E-state index in [-0.39, 0.29) is 16.2 Å². The Labute approximate surface area is 166 Å². The average Bonchev–Trinajstić information content (AvgIpc) is 2.33. The second kappa shape index (κ2) is 7.25. The lowest BCUT2D eigenvalue weighted by molar-refractivity contribution is 0.102. The summed E-state index contributed by atoms with van der Waals surface area (Å²) in [6.07, 6.45) is 0. The monoisotopic (exact) mass is 644 g/mol. The first-order valence-corrected chi connectivity index (χ1v) is 9.15. The van der Waals surface area contributed by atoms with Crippen molar-refractivity contribution >= 4 is 103 Å². The van der Waals surface area contributed by atoms with Gasteiger partial charge in [-0.25, -0.2) is 4.98 Å². The summed E-state index contributed by atoms with van der Waals surface area (Å²) in [4.78, 5) is 16.1. The molecule has 104 valence electrons. The Morgan fingerprint density at radius 1 is 1.10 bits per heavy atom. The van der Waals surface area contributed by atoms with Crippen LogP contribution in [0, 0.1) is 10.7 Å². The van der Waals surface area contributed by atoms with E-state index in [1.165, 1.54) is 6.07 Å². The van der Waals surface area contributed by atoms with Crippen LogP contribution in [-0.2, 0) is 0 Å². The summed E-state index contributed by atoms with van der Waals surface area (Å²) < 4.78 is 3.04. The lowest BCUT2D eigenvalue weighted by Gasteiger charge is -2.11. The van der Waals surface area contributed by atoms with Crippen molar-refractivity contribution in [1.82, 2.24) is 4.98 Å². The molecule has 0 unspecified atom stereocenters. The number of nitrogens with one attached hydrogen (secondary N) is 1. The number of pyridine rings is 1. The number of aromatic nitrogens is 1. The highest BCUT2D eigenvalue weighted by Crippen LogP contribution is 2.28. The number of carbonyl (C=O) groups excluding carboxylic acids is 1. The number of rotatable bonds is 2. The molecule has 2 rings (SSSR count). The van der Waals surface area contributed by atoms with Crippen molar-refractivity contribution in [2.75, 3.05) is 5.32 Å². The summed E-state index contributed by atoms with van der Waals surface area (Å²) in [6, 6.07) is 7.06. The zero-order valence-corrected chi connectivity index (χ0v) is 17.5. The molecule has 8 heteroatoms. The van der Waals surface area contributed by atoms with E-state index < -0.39 is 0 Å². The van der Waals surface area contributed by atoms with Crippen LogP contribution in [0.25, 0.3) is 0 Å². The summed E-state index contributed by atoms with van der Waals surface area (Å²) in [7, 11) is 0. The molecule has 0 aliphatic carbocycles. The van der Waals surface area contributed by atoms with Gasteiger partial charge in [-0.1, -0.05) is 23.2 Å². The highest BCUT2D eigenvalue weighted by atomic mass is 127. The van der Waals surface area contributed by atoms with Crippen LogP contribution >= 0.6 is 91.0 Å². The lowest BCUT2D eigenvalue weighted by Crippen LogP contribution is -2.15. The molecule has 0 spiro atoms. The highest BCUT2D eigenvalue weighted by Gasteiger charge is 2.15. The number of nitrogens with zero attached hydrogens (tertiary/aromatic N) is 1. The van der Waals surface area contributed by atoms with E-state index in [9.17, 15) is 4.79 Å². The van der Waals surface area contributed by atoms with Crippen molar-refractivity contribution < 1.29 is 4.79 Å². The van der Waals surface area contributed by atoms with Gasteiger partial charge in [0, 0.05) is 10.7 Å². The van der Waals surface area contributed by atoms with Crippen molar-refractivity contribution in [2.45, 2.75) is 0 Å². The maximum absolute atomic E-state index is 12.2. The third-order valence-corrected chi connectivity index (χ3v) is 5.13. The fourth-order valence-electron chi connectivity index (χ4n) is 1.42.